The maximum Gasteiger partial charge on any atom is 0.411 e. The fourth-order valence-electron chi connectivity index (χ4n) is 2.33. The Morgan fingerprint density at radius 2 is 2.26 bits per heavy atom. The van der Waals surface area contributed by atoms with Crippen molar-refractivity contribution < 1.29 is 17.9 Å². The van der Waals surface area contributed by atoms with Crippen LogP contribution < -0.4 is 5.32 Å². The van der Waals surface area contributed by atoms with Crippen molar-refractivity contribution in [2.45, 2.75) is 50.6 Å². The average Bonchev–Trinajstić information content (AvgIpc) is 2.87. The zero-order valence-corrected chi connectivity index (χ0v) is 10.5. The molecule has 0 bridgehead atoms. The Morgan fingerprint density at radius 3 is 2.95 bits per heavy atom. The number of aromatic nitrogens is 2. The minimum absolute atomic E-state index is 0.192. The minimum Gasteiger partial charge on any atom is -0.369 e. The van der Waals surface area contributed by atoms with Crippen LogP contribution >= 0.6 is 0 Å². The molecule has 7 heteroatoms. The summed E-state index contributed by atoms with van der Waals surface area (Å²) in [5, 5.41) is 3.30. The lowest BCUT2D eigenvalue weighted by atomic mass is 9.93. The number of H-pyrrole nitrogens is 1. The molecule has 1 saturated carbocycles. The van der Waals surface area contributed by atoms with Crippen LogP contribution in [0.15, 0.2) is 12.4 Å². The van der Waals surface area contributed by atoms with Crippen LogP contribution in [0.1, 0.15) is 31.5 Å². The van der Waals surface area contributed by atoms with Gasteiger partial charge in [0.05, 0.1) is 12.6 Å². The summed E-state index contributed by atoms with van der Waals surface area (Å²) in [7, 11) is 0. The van der Waals surface area contributed by atoms with Crippen LogP contribution in [0.3, 0.4) is 0 Å². The van der Waals surface area contributed by atoms with Gasteiger partial charge in [0.15, 0.2) is 0 Å². The first-order chi connectivity index (χ1) is 9.03. The Kier molecular flexibility index (Phi) is 4.81. The number of hydrogen-bond donors (Lipinski definition) is 2. The average molecular weight is 277 g/mol. The molecule has 1 aliphatic rings. The zero-order chi connectivity index (χ0) is 13.7. The Morgan fingerprint density at radius 1 is 1.42 bits per heavy atom. The molecule has 0 radical (unpaired) electrons. The third kappa shape index (κ3) is 5.20. The molecule has 1 aromatic heterocycles. The quantitative estimate of drug-likeness (QED) is 0.869. The van der Waals surface area contributed by atoms with Gasteiger partial charge in [-0.05, 0) is 25.7 Å². The first-order valence-corrected chi connectivity index (χ1v) is 6.43. The van der Waals surface area contributed by atoms with Crippen molar-refractivity contribution in [3.63, 3.8) is 0 Å². The largest absolute Gasteiger partial charge is 0.411 e. The van der Waals surface area contributed by atoms with Gasteiger partial charge < -0.3 is 15.0 Å². The zero-order valence-electron chi connectivity index (χ0n) is 10.5. The second-order valence-corrected chi connectivity index (χ2v) is 4.83. The second kappa shape index (κ2) is 6.38. The number of halogens is 3. The van der Waals surface area contributed by atoms with E-state index in [1.165, 1.54) is 0 Å². The smallest absolute Gasteiger partial charge is 0.369 e. The van der Waals surface area contributed by atoms with Crippen molar-refractivity contribution in [3.05, 3.63) is 18.2 Å². The summed E-state index contributed by atoms with van der Waals surface area (Å²) in [6.45, 7) is -0.549. The van der Waals surface area contributed by atoms with E-state index in [-0.39, 0.29) is 12.1 Å². The molecule has 19 heavy (non-hydrogen) atoms. The SMILES string of the molecule is FC(F)(F)COC1CCCC(NCc2ncc[nH]2)C1. The standard InChI is InChI=1S/C12H18F3N3O/c13-12(14,15)8-19-10-3-1-2-9(6-10)18-7-11-16-4-5-17-11/h4-5,9-10,18H,1-3,6-8H2,(H,16,17). The summed E-state index contributed by atoms with van der Waals surface area (Å²) < 4.78 is 41.2. The molecule has 0 aromatic carbocycles. The molecule has 2 atom stereocenters. The molecule has 2 unspecified atom stereocenters. The summed E-state index contributed by atoms with van der Waals surface area (Å²) in [6.07, 6.45) is 2.05. The van der Waals surface area contributed by atoms with Crippen molar-refractivity contribution in [2.75, 3.05) is 6.61 Å². The highest BCUT2D eigenvalue weighted by atomic mass is 19.4. The summed E-state index contributed by atoms with van der Waals surface area (Å²) in [5.41, 5.74) is 0. The molecule has 1 aromatic rings. The van der Waals surface area contributed by atoms with Crippen LogP contribution in [0, 0.1) is 0 Å². The van der Waals surface area contributed by atoms with Crippen molar-refractivity contribution in [1.82, 2.24) is 15.3 Å². The molecule has 0 saturated heterocycles. The van der Waals surface area contributed by atoms with Gasteiger partial charge in [-0.15, -0.1) is 0 Å². The fourth-order valence-corrected chi connectivity index (χ4v) is 2.33. The van der Waals surface area contributed by atoms with Gasteiger partial charge in [0.25, 0.3) is 0 Å². The molecule has 1 fully saturated rings. The monoisotopic (exact) mass is 277 g/mol. The molecular formula is C12H18F3N3O. The van der Waals surface area contributed by atoms with Gasteiger partial charge in [0.2, 0.25) is 0 Å². The summed E-state index contributed by atoms with van der Waals surface area (Å²) in [4.78, 5) is 7.07. The van der Waals surface area contributed by atoms with Gasteiger partial charge in [0, 0.05) is 18.4 Å². The molecule has 2 N–H and O–H groups in total. The lowest BCUT2D eigenvalue weighted by molar-refractivity contribution is -0.188. The number of aromatic amines is 1. The van der Waals surface area contributed by atoms with Crippen LogP contribution in [0.25, 0.3) is 0 Å². The van der Waals surface area contributed by atoms with Crippen molar-refractivity contribution >= 4 is 0 Å². The number of nitrogens with one attached hydrogen (secondary N) is 2. The molecular weight excluding hydrogens is 259 g/mol. The first-order valence-electron chi connectivity index (χ1n) is 6.43. The molecule has 1 aliphatic carbocycles. The molecule has 108 valence electrons. The Balaban J connectivity index is 1.71. The molecule has 0 aliphatic heterocycles. The minimum atomic E-state index is -4.24. The molecule has 0 spiro atoms. The normalized spacial score (nSPS) is 24.6. The molecule has 1 heterocycles. The molecule has 0 amide bonds. The topological polar surface area (TPSA) is 49.9 Å². The fraction of sp³-hybridized carbons (Fsp3) is 0.750. The van der Waals surface area contributed by atoms with Gasteiger partial charge in [0.1, 0.15) is 12.4 Å². The second-order valence-electron chi connectivity index (χ2n) is 4.83. The van der Waals surface area contributed by atoms with Crippen molar-refractivity contribution in [2.24, 2.45) is 0 Å². The Labute approximate surface area is 109 Å². The Hall–Kier alpha value is -1.08. The third-order valence-electron chi connectivity index (χ3n) is 3.22. The highest BCUT2D eigenvalue weighted by molar-refractivity contribution is 4.88. The number of hydrogen-bond acceptors (Lipinski definition) is 3. The number of ether oxygens (including phenoxy) is 1. The van der Waals surface area contributed by atoms with E-state index < -0.39 is 12.8 Å². The van der Waals surface area contributed by atoms with Crippen LogP contribution in [-0.2, 0) is 11.3 Å². The maximum absolute atomic E-state index is 12.1. The number of alkyl halides is 3. The van der Waals surface area contributed by atoms with Crippen LogP contribution in [0.2, 0.25) is 0 Å². The van der Waals surface area contributed by atoms with Crippen LogP contribution in [0.5, 0.6) is 0 Å². The van der Waals surface area contributed by atoms with Gasteiger partial charge >= 0.3 is 6.18 Å². The lowest BCUT2D eigenvalue weighted by Crippen LogP contribution is -2.38. The van der Waals surface area contributed by atoms with Crippen molar-refractivity contribution in [1.29, 1.82) is 0 Å². The summed E-state index contributed by atoms with van der Waals surface area (Å²) in [6, 6.07) is 0.192. The van der Waals surface area contributed by atoms with E-state index in [9.17, 15) is 13.2 Å². The lowest BCUT2D eigenvalue weighted by Gasteiger charge is -2.30. The number of imidazole rings is 1. The number of rotatable bonds is 5. The third-order valence-corrected chi connectivity index (χ3v) is 3.22. The number of nitrogens with zero attached hydrogens (tertiary/aromatic N) is 1. The van der Waals surface area contributed by atoms with Gasteiger partial charge in [-0.2, -0.15) is 13.2 Å². The Bertz CT molecular complexity index is 367. The molecule has 2 rings (SSSR count). The van der Waals surface area contributed by atoms with E-state index >= 15 is 0 Å². The highest BCUT2D eigenvalue weighted by Crippen LogP contribution is 2.24. The predicted octanol–water partition coefficient (Wildman–Crippen LogP) is 2.39. The van der Waals surface area contributed by atoms with Gasteiger partial charge in [-0.25, -0.2) is 4.98 Å². The molecule has 4 nitrogen and oxygen atoms in total. The maximum atomic E-state index is 12.1. The van der Waals surface area contributed by atoms with Gasteiger partial charge in [-0.1, -0.05) is 0 Å². The van der Waals surface area contributed by atoms with Crippen LogP contribution in [0.4, 0.5) is 13.2 Å². The van der Waals surface area contributed by atoms with E-state index in [1.54, 1.807) is 12.4 Å². The first kappa shape index (κ1) is 14.3. The van der Waals surface area contributed by atoms with Gasteiger partial charge in [-0.3, -0.25) is 0 Å². The van der Waals surface area contributed by atoms with E-state index in [2.05, 4.69) is 15.3 Å². The van der Waals surface area contributed by atoms with E-state index in [1.807, 2.05) is 0 Å². The predicted molar refractivity (Wildman–Crippen MR) is 63.5 cm³/mol. The van der Waals surface area contributed by atoms with E-state index in [4.69, 9.17) is 4.74 Å². The summed E-state index contributed by atoms with van der Waals surface area (Å²) in [5.74, 6) is 0.832. The van der Waals surface area contributed by atoms with E-state index in [0.717, 1.165) is 18.7 Å². The van der Waals surface area contributed by atoms with E-state index in [0.29, 0.717) is 19.4 Å². The van der Waals surface area contributed by atoms with Crippen molar-refractivity contribution in [3.8, 4) is 0 Å². The summed E-state index contributed by atoms with van der Waals surface area (Å²) >= 11 is 0. The highest BCUT2D eigenvalue weighted by Gasteiger charge is 2.31. The van der Waals surface area contributed by atoms with Crippen LogP contribution in [-0.4, -0.2) is 34.9 Å².